The van der Waals surface area contributed by atoms with E-state index >= 15 is 0 Å². The topological polar surface area (TPSA) is 71.7 Å². The van der Waals surface area contributed by atoms with E-state index < -0.39 is 0 Å². The van der Waals surface area contributed by atoms with E-state index in [9.17, 15) is 0 Å². The van der Waals surface area contributed by atoms with Gasteiger partial charge in [0.25, 0.3) is 0 Å². The number of nitrogens with one attached hydrogen (secondary N) is 2. The van der Waals surface area contributed by atoms with Crippen LogP contribution in [0.3, 0.4) is 0 Å². The highest BCUT2D eigenvalue weighted by Crippen LogP contribution is 2.52. The van der Waals surface area contributed by atoms with E-state index in [-0.39, 0.29) is 5.41 Å². The molecule has 3 atom stereocenters. The van der Waals surface area contributed by atoms with Crippen molar-refractivity contribution in [1.82, 2.24) is 15.6 Å². The van der Waals surface area contributed by atoms with Crippen LogP contribution in [0.4, 0.5) is 0 Å². The van der Waals surface area contributed by atoms with Crippen LogP contribution in [0, 0.1) is 25.2 Å². The van der Waals surface area contributed by atoms with Gasteiger partial charge in [-0.3, -0.25) is 0 Å². The lowest BCUT2D eigenvalue weighted by Gasteiger charge is -2.54. The van der Waals surface area contributed by atoms with Gasteiger partial charge in [-0.15, -0.1) is 0 Å². The summed E-state index contributed by atoms with van der Waals surface area (Å²) in [5.41, 5.74) is 1.06. The molecule has 0 amide bonds. The summed E-state index contributed by atoms with van der Waals surface area (Å²) >= 11 is 0. The van der Waals surface area contributed by atoms with Gasteiger partial charge in [0.1, 0.15) is 12.3 Å². The van der Waals surface area contributed by atoms with E-state index in [2.05, 4.69) is 41.4 Å². The van der Waals surface area contributed by atoms with Crippen molar-refractivity contribution in [2.45, 2.75) is 59.7 Å². The molecule has 2 fully saturated rings. The lowest BCUT2D eigenvalue weighted by molar-refractivity contribution is -0.106. The highest BCUT2D eigenvalue weighted by atomic mass is 16.5. The molecule has 6 heteroatoms. The van der Waals surface area contributed by atoms with Crippen LogP contribution in [-0.4, -0.2) is 36.2 Å². The van der Waals surface area contributed by atoms with Crippen LogP contribution < -0.4 is 10.6 Å². The molecule has 6 nitrogen and oxygen atoms in total. The van der Waals surface area contributed by atoms with Gasteiger partial charge in [-0.25, -0.2) is 9.98 Å². The molecule has 128 valence electrons. The van der Waals surface area contributed by atoms with Gasteiger partial charge in [-0.05, 0) is 27.2 Å². The molecule has 3 rings (SSSR count). The maximum absolute atomic E-state index is 5.86. The minimum Gasteiger partial charge on any atom is -0.444 e. The summed E-state index contributed by atoms with van der Waals surface area (Å²) in [5.74, 6) is 2.93. The number of guanidine groups is 1. The summed E-state index contributed by atoms with van der Waals surface area (Å²) in [5, 5.41) is 6.92. The Hall–Kier alpha value is -1.56. The second kappa shape index (κ2) is 6.15. The number of rotatable bonds is 4. The molecule has 23 heavy (non-hydrogen) atoms. The number of aromatic nitrogens is 1. The van der Waals surface area contributed by atoms with Crippen molar-refractivity contribution in [1.29, 1.82) is 0 Å². The van der Waals surface area contributed by atoms with Crippen molar-refractivity contribution in [3.8, 4) is 0 Å². The molecule has 0 spiro atoms. The van der Waals surface area contributed by atoms with Gasteiger partial charge in [0, 0.05) is 30.5 Å². The fraction of sp³-hybridized carbons (Fsp3) is 0.765. The Morgan fingerprint density at radius 2 is 2.17 bits per heavy atom. The number of oxazole rings is 1. The number of aliphatic imine (C=N–C) groups is 1. The van der Waals surface area contributed by atoms with Crippen LogP contribution in [-0.2, 0) is 11.3 Å². The first-order valence-electron chi connectivity index (χ1n) is 8.52. The number of ether oxygens (including phenoxy) is 1. The molecular weight excluding hydrogens is 292 g/mol. The normalized spacial score (nSPS) is 29.1. The van der Waals surface area contributed by atoms with Crippen molar-refractivity contribution >= 4 is 5.96 Å². The molecule has 1 saturated carbocycles. The van der Waals surface area contributed by atoms with Crippen LogP contribution in [0.5, 0.6) is 0 Å². The third-order valence-corrected chi connectivity index (χ3v) is 5.18. The van der Waals surface area contributed by atoms with Crippen LogP contribution in [0.25, 0.3) is 0 Å². The van der Waals surface area contributed by atoms with Gasteiger partial charge in [0.15, 0.2) is 5.96 Å². The van der Waals surface area contributed by atoms with Gasteiger partial charge in [-0.1, -0.05) is 13.8 Å². The summed E-state index contributed by atoms with van der Waals surface area (Å²) in [6.07, 6.45) is 1.50. The van der Waals surface area contributed by atoms with Gasteiger partial charge in [0.2, 0.25) is 5.89 Å². The maximum Gasteiger partial charge on any atom is 0.216 e. The monoisotopic (exact) mass is 320 g/mol. The van der Waals surface area contributed by atoms with E-state index in [0.29, 0.717) is 30.5 Å². The Bertz CT molecular complexity index is 574. The Morgan fingerprint density at radius 1 is 1.39 bits per heavy atom. The second-order valence-corrected chi connectivity index (χ2v) is 7.13. The first-order valence-corrected chi connectivity index (χ1v) is 8.52. The van der Waals surface area contributed by atoms with Crippen molar-refractivity contribution < 1.29 is 9.15 Å². The van der Waals surface area contributed by atoms with E-state index in [1.807, 2.05) is 13.8 Å². The number of fused-ring (bicyclic) bond motifs is 1. The zero-order valence-electron chi connectivity index (χ0n) is 14.8. The van der Waals surface area contributed by atoms with Crippen molar-refractivity contribution in [2.24, 2.45) is 16.3 Å². The summed E-state index contributed by atoms with van der Waals surface area (Å²) in [4.78, 5) is 9.03. The van der Waals surface area contributed by atoms with E-state index in [1.54, 1.807) is 0 Å². The van der Waals surface area contributed by atoms with Crippen molar-refractivity contribution in [2.75, 3.05) is 13.2 Å². The van der Waals surface area contributed by atoms with Gasteiger partial charge in [0.05, 0.1) is 11.8 Å². The number of hydrogen-bond donors (Lipinski definition) is 2. The molecule has 0 radical (unpaired) electrons. The standard InChI is InChI=1S/C17H28N4O2/c1-6-18-16(19-9-13-20-10(2)11(3)23-13)21-14-12-7-8-22-15(12)17(14,4)5/h12,14-15H,6-9H2,1-5H3,(H2,18,19,21). The van der Waals surface area contributed by atoms with Crippen LogP contribution in [0.15, 0.2) is 9.41 Å². The fourth-order valence-electron chi connectivity index (χ4n) is 3.84. The highest BCUT2D eigenvalue weighted by molar-refractivity contribution is 5.80. The molecule has 2 aliphatic rings. The van der Waals surface area contributed by atoms with E-state index in [4.69, 9.17) is 9.15 Å². The minimum absolute atomic E-state index is 0.132. The molecule has 2 N–H and O–H groups in total. The lowest BCUT2D eigenvalue weighted by atomic mass is 9.57. The maximum atomic E-state index is 5.86. The molecule has 1 aliphatic carbocycles. The number of hydrogen-bond acceptors (Lipinski definition) is 4. The summed E-state index contributed by atoms with van der Waals surface area (Å²) in [7, 11) is 0. The van der Waals surface area contributed by atoms with Crippen LogP contribution >= 0.6 is 0 Å². The molecular formula is C17H28N4O2. The quantitative estimate of drug-likeness (QED) is 0.657. The predicted molar refractivity (Wildman–Crippen MR) is 89.3 cm³/mol. The first-order chi connectivity index (χ1) is 10.9. The van der Waals surface area contributed by atoms with E-state index in [1.165, 1.54) is 0 Å². The van der Waals surface area contributed by atoms with Gasteiger partial charge >= 0.3 is 0 Å². The molecule has 1 aromatic heterocycles. The SMILES string of the molecule is CCNC(=NCc1nc(C)c(C)o1)NC1C2CCOC2C1(C)C. The molecule has 1 aliphatic heterocycles. The number of aryl methyl sites for hydroxylation is 2. The molecule has 2 heterocycles. The zero-order chi connectivity index (χ0) is 16.6. The average molecular weight is 320 g/mol. The third-order valence-electron chi connectivity index (χ3n) is 5.18. The van der Waals surface area contributed by atoms with Crippen LogP contribution in [0.2, 0.25) is 0 Å². The highest BCUT2D eigenvalue weighted by Gasteiger charge is 2.59. The Balaban J connectivity index is 1.68. The summed E-state index contributed by atoms with van der Waals surface area (Å²) in [6.45, 7) is 12.6. The molecule has 0 aromatic carbocycles. The third kappa shape index (κ3) is 2.96. The molecule has 3 unspecified atom stereocenters. The fourth-order valence-corrected chi connectivity index (χ4v) is 3.84. The average Bonchev–Trinajstić information content (AvgIpc) is 3.08. The molecule has 1 saturated heterocycles. The number of nitrogens with zero attached hydrogens (tertiary/aromatic N) is 2. The largest absolute Gasteiger partial charge is 0.444 e. The molecule has 0 bridgehead atoms. The minimum atomic E-state index is 0.132. The van der Waals surface area contributed by atoms with Crippen molar-refractivity contribution in [3.63, 3.8) is 0 Å². The second-order valence-electron chi connectivity index (χ2n) is 7.13. The lowest BCUT2D eigenvalue weighted by Crippen LogP contribution is -2.67. The Morgan fingerprint density at radius 3 is 2.83 bits per heavy atom. The van der Waals surface area contributed by atoms with E-state index in [0.717, 1.165) is 37.0 Å². The van der Waals surface area contributed by atoms with Gasteiger partial charge in [-0.2, -0.15) is 0 Å². The molecule has 1 aromatic rings. The smallest absolute Gasteiger partial charge is 0.216 e. The van der Waals surface area contributed by atoms with Crippen molar-refractivity contribution in [3.05, 3.63) is 17.3 Å². The Kier molecular flexibility index (Phi) is 4.36. The summed E-state index contributed by atoms with van der Waals surface area (Å²) < 4.78 is 11.5. The summed E-state index contributed by atoms with van der Waals surface area (Å²) in [6, 6.07) is 0.390. The zero-order valence-corrected chi connectivity index (χ0v) is 14.8. The Labute approximate surface area is 138 Å². The van der Waals surface area contributed by atoms with Crippen LogP contribution in [0.1, 0.15) is 44.5 Å². The predicted octanol–water partition coefficient (Wildman–Crippen LogP) is 2.16. The van der Waals surface area contributed by atoms with Gasteiger partial charge < -0.3 is 19.8 Å². The first kappa shape index (κ1) is 16.3.